The number of hydrogen-bond donors (Lipinski definition) is 1. The van der Waals surface area contributed by atoms with Crippen LogP contribution in [-0.2, 0) is 33.3 Å². The smallest absolute Gasteiger partial charge is 0.361 e. The third-order valence-corrected chi connectivity index (χ3v) is 8.45. The van der Waals surface area contributed by atoms with E-state index >= 15 is 0 Å². The van der Waals surface area contributed by atoms with Crippen LogP contribution in [0.1, 0.15) is 142 Å². The number of unbranched alkanes of at least 4 members (excludes halogenated alkanes) is 10. The summed E-state index contributed by atoms with van der Waals surface area (Å²) in [5, 5.41) is 9.61. The fraction of sp³-hybridized carbons (Fsp3) is 0.674. The highest BCUT2D eigenvalue weighted by atomic mass is 16.7. The molecule has 0 spiro atoms. The Labute approximate surface area is 335 Å². The van der Waals surface area contributed by atoms with E-state index in [1.807, 2.05) is 21.1 Å². The van der Waals surface area contributed by atoms with Crippen molar-refractivity contribution in [2.45, 2.75) is 155 Å². The van der Waals surface area contributed by atoms with E-state index in [1.165, 1.54) is 32.1 Å². The minimum absolute atomic E-state index is 0.174. The number of carbonyl (C=O) groups excluding carboxylic acids is 2. The number of carboxylic acids is 1. The van der Waals surface area contributed by atoms with E-state index < -0.39 is 30.3 Å². The van der Waals surface area contributed by atoms with E-state index in [0.29, 0.717) is 23.9 Å². The number of rotatable bonds is 37. The van der Waals surface area contributed by atoms with Crippen LogP contribution >= 0.6 is 0 Å². The van der Waals surface area contributed by atoms with Gasteiger partial charge >= 0.3 is 17.9 Å². The highest BCUT2D eigenvalue weighted by Crippen LogP contribution is 2.11. The zero-order chi connectivity index (χ0) is 40.7. The third-order valence-electron chi connectivity index (χ3n) is 8.45. The Balaban J connectivity index is 4.60. The van der Waals surface area contributed by atoms with Crippen LogP contribution in [0.25, 0.3) is 0 Å². The molecule has 314 valence electrons. The standard InChI is InChI=1S/C46H77NO8/c1-6-8-10-12-14-16-18-20-21-22-23-25-26-28-30-32-34-36-43(48)53-40-42(41-54-46(45(50)51)52-39-38-47(3,4)5)55-44(49)37-35-33-31-29-27-24-19-17-15-13-11-9-7-2/h8,10,14,16-17,19-21,23,25,28,30,42,46H,6-7,9,11-13,15,18,22,24,26-27,29,31-41H2,1-5H3/p+1/b10-8-,16-14-,19-17-,21-20-,25-23-,30-28-/t42-,46?/m1/s1. The van der Waals surface area contributed by atoms with E-state index in [4.69, 9.17) is 18.9 Å². The fourth-order valence-electron chi connectivity index (χ4n) is 5.16. The summed E-state index contributed by atoms with van der Waals surface area (Å²) < 4.78 is 22.6. The van der Waals surface area contributed by atoms with Crippen LogP contribution in [0.5, 0.6) is 0 Å². The van der Waals surface area contributed by atoms with Gasteiger partial charge in [0.2, 0.25) is 0 Å². The zero-order valence-corrected chi connectivity index (χ0v) is 35.3. The summed E-state index contributed by atoms with van der Waals surface area (Å²) in [6.45, 7) is 4.63. The predicted octanol–water partition coefficient (Wildman–Crippen LogP) is 10.8. The Morgan fingerprint density at radius 3 is 1.62 bits per heavy atom. The second kappa shape index (κ2) is 37.6. The van der Waals surface area contributed by atoms with Gasteiger partial charge in [0.1, 0.15) is 13.2 Å². The average molecular weight is 773 g/mol. The first-order valence-corrected chi connectivity index (χ1v) is 21.1. The quantitative estimate of drug-likeness (QED) is 0.0219. The summed E-state index contributed by atoms with van der Waals surface area (Å²) >= 11 is 0. The molecular weight excluding hydrogens is 695 g/mol. The van der Waals surface area contributed by atoms with E-state index in [9.17, 15) is 19.5 Å². The van der Waals surface area contributed by atoms with Crippen LogP contribution in [0.2, 0.25) is 0 Å². The van der Waals surface area contributed by atoms with Crippen LogP contribution in [0, 0.1) is 0 Å². The van der Waals surface area contributed by atoms with Crippen molar-refractivity contribution < 1.29 is 42.9 Å². The maximum atomic E-state index is 12.7. The van der Waals surface area contributed by atoms with Crippen molar-refractivity contribution in [3.63, 3.8) is 0 Å². The van der Waals surface area contributed by atoms with Gasteiger partial charge in [0.25, 0.3) is 6.29 Å². The van der Waals surface area contributed by atoms with Crippen LogP contribution in [0.15, 0.2) is 72.9 Å². The first-order valence-electron chi connectivity index (χ1n) is 21.1. The SMILES string of the molecule is CC/C=C\C/C=C\C/C=C\C/C=C\C/C=C\CCCC(=O)OC[C@H](COC(OCC[N+](C)(C)C)C(=O)O)OC(=O)CCCCCCC/C=C\CCCCCC. The van der Waals surface area contributed by atoms with Crippen LogP contribution < -0.4 is 0 Å². The number of aliphatic carboxylic acids is 1. The molecule has 0 aliphatic rings. The number of ether oxygens (including phenoxy) is 4. The van der Waals surface area contributed by atoms with Crippen LogP contribution in [0.4, 0.5) is 0 Å². The number of esters is 2. The molecule has 0 aliphatic carbocycles. The Bertz CT molecular complexity index is 1130. The van der Waals surface area contributed by atoms with Crippen molar-refractivity contribution in [2.75, 3.05) is 47.5 Å². The monoisotopic (exact) mass is 773 g/mol. The molecule has 0 aromatic heterocycles. The molecule has 1 unspecified atom stereocenters. The topological polar surface area (TPSA) is 108 Å². The number of hydrogen-bond acceptors (Lipinski definition) is 7. The maximum absolute atomic E-state index is 12.7. The van der Waals surface area contributed by atoms with Crippen molar-refractivity contribution in [3.8, 4) is 0 Å². The molecule has 0 radical (unpaired) electrons. The lowest BCUT2D eigenvalue weighted by atomic mass is 10.1. The largest absolute Gasteiger partial charge is 0.477 e. The number of likely N-dealkylation sites (N-methyl/N-ethyl adjacent to an activating group) is 1. The van der Waals surface area contributed by atoms with Gasteiger partial charge in [-0.05, 0) is 77.0 Å². The molecule has 1 N–H and O–H groups in total. The molecule has 0 rings (SSSR count). The molecule has 0 aromatic rings. The molecule has 9 heteroatoms. The molecule has 0 aliphatic heterocycles. The van der Waals surface area contributed by atoms with Crippen molar-refractivity contribution >= 4 is 17.9 Å². The molecule has 9 nitrogen and oxygen atoms in total. The highest BCUT2D eigenvalue weighted by molar-refractivity contribution is 5.71. The van der Waals surface area contributed by atoms with Crippen LogP contribution in [-0.4, -0.2) is 87.4 Å². The summed E-state index contributed by atoms with van der Waals surface area (Å²) in [6, 6.07) is 0. The maximum Gasteiger partial charge on any atom is 0.361 e. The molecule has 55 heavy (non-hydrogen) atoms. The molecule has 2 atom stereocenters. The predicted molar refractivity (Wildman–Crippen MR) is 226 cm³/mol. The molecular formula is C46H78NO8+. The van der Waals surface area contributed by atoms with Crippen molar-refractivity contribution in [1.29, 1.82) is 0 Å². The van der Waals surface area contributed by atoms with Crippen molar-refractivity contribution in [1.82, 2.24) is 0 Å². The third kappa shape index (κ3) is 38.8. The summed E-state index contributed by atoms with van der Waals surface area (Å²) in [6.07, 6.45) is 42.5. The summed E-state index contributed by atoms with van der Waals surface area (Å²) in [7, 11) is 5.92. The lowest BCUT2D eigenvalue weighted by molar-refractivity contribution is -0.870. The number of carbonyl (C=O) groups is 3. The lowest BCUT2D eigenvalue weighted by Gasteiger charge is -2.25. The number of nitrogens with zero attached hydrogens (tertiary/aromatic N) is 1. The molecule has 0 amide bonds. The number of allylic oxidation sites excluding steroid dienone is 12. The molecule has 0 saturated carbocycles. The van der Waals surface area contributed by atoms with Gasteiger partial charge in [-0.15, -0.1) is 0 Å². The van der Waals surface area contributed by atoms with E-state index in [-0.39, 0.29) is 32.7 Å². The van der Waals surface area contributed by atoms with Crippen molar-refractivity contribution in [2.24, 2.45) is 0 Å². The van der Waals surface area contributed by atoms with E-state index in [0.717, 1.165) is 70.6 Å². The van der Waals surface area contributed by atoms with E-state index in [2.05, 4.69) is 86.8 Å². The van der Waals surface area contributed by atoms with Gasteiger partial charge in [-0.3, -0.25) is 9.59 Å². The molecule has 0 heterocycles. The molecule has 0 aromatic carbocycles. The second-order valence-corrected chi connectivity index (χ2v) is 14.9. The fourth-order valence-corrected chi connectivity index (χ4v) is 5.16. The second-order valence-electron chi connectivity index (χ2n) is 14.9. The van der Waals surface area contributed by atoms with Gasteiger partial charge in [0.05, 0.1) is 34.4 Å². The van der Waals surface area contributed by atoms with Crippen LogP contribution in [0.3, 0.4) is 0 Å². The Kier molecular flexibility index (Phi) is 35.4. The first kappa shape index (κ1) is 51.7. The minimum Gasteiger partial charge on any atom is -0.477 e. The minimum atomic E-state index is -1.53. The Hall–Kier alpha value is -3.27. The van der Waals surface area contributed by atoms with Gasteiger partial charge in [-0.1, -0.05) is 125 Å². The number of quaternary nitrogens is 1. The normalized spacial score (nSPS) is 13.7. The van der Waals surface area contributed by atoms with Gasteiger partial charge in [-0.25, -0.2) is 4.79 Å². The highest BCUT2D eigenvalue weighted by Gasteiger charge is 2.25. The van der Waals surface area contributed by atoms with Crippen molar-refractivity contribution in [3.05, 3.63) is 72.9 Å². The lowest BCUT2D eigenvalue weighted by Crippen LogP contribution is -2.40. The summed E-state index contributed by atoms with van der Waals surface area (Å²) in [4.78, 5) is 37.0. The molecule has 0 fully saturated rings. The Morgan fingerprint density at radius 2 is 1.05 bits per heavy atom. The number of carboxylic acid groups (broad SMARTS) is 1. The van der Waals surface area contributed by atoms with Gasteiger partial charge in [-0.2, -0.15) is 0 Å². The van der Waals surface area contributed by atoms with Gasteiger partial charge in [0, 0.05) is 12.8 Å². The van der Waals surface area contributed by atoms with E-state index in [1.54, 1.807) is 0 Å². The zero-order valence-electron chi connectivity index (χ0n) is 35.3. The van der Waals surface area contributed by atoms with Gasteiger partial charge in [0.15, 0.2) is 6.10 Å². The molecule has 0 bridgehead atoms. The molecule has 0 saturated heterocycles. The first-order chi connectivity index (χ1) is 26.6. The van der Waals surface area contributed by atoms with Gasteiger partial charge < -0.3 is 28.5 Å². The Morgan fingerprint density at radius 1 is 0.564 bits per heavy atom. The average Bonchev–Trinajstić information content (AvgIpc) is 3.14. The summed E-state index contributed by atoms with van der Waals surface area (Å²) in [5.41, 5.74) is 0. The summed E-state index contributed by atoms with van der Waals surface area (Å²) in [5.74, 6) is -2.11.